The Kier molecular flexibility index (Phi) is 7.30. The zero-order valence-corrected chi connectivity index (χ0v) is 14.1. The molecule has 0 saturated carbocycles. The molecular formula is C17H26ClFN2O. The number of benzene rings is 1. The molecule has 1 aliphatic heterocycles. The first-order chi connectivity index (χ1) is 9.97. The first-order valence-electron chi connectivity index (χ1n) is 7.76. The molecule has 2 unspecified atom stereocenters. The summed E-state index contributed by atoms with van der Waals surface area (Å²) in [5.41, 5.74) is 6.80. The largest absolute Gasteiger partial charge is 0.342 e. The topological polar surface area (TPSA) is 46.3 Å². The summed E-state index contributed by atoms with van der Waals surface area (Å²) < 4.78 is 13.2. The molecule has 22 heavy (non-hydrogen) atoms. The van der Waals surface area contributed by atoms with Gasteiger partial charge in [0.25, 0.3) is 0 Å². The average molecular weight is 329 g/mol. The Hall–Kier alpha value is -1.13. The van der Waals surface area contributed by atoms with Crippen molar-refractivity contribution in [2.45, 2.75) is 39.2 Å². The molecule has 2 N–H and O–H groups in total. The minimum absolute atomic E-state index is 0. The van der Waals surface area contributed by atoms with Crippen LogP contribution in [-0.4, -0.2) is 29.9 Å². The predicted molar refractivity (Wildman–Crippen MR) is 89.5 cm³/mol. The van der Waals surface area contributed by atoms with E-state index in [4.69, 9.17) is 5.73 Å². The SMILES string of the molecule is CC(Cc1cccc(F)c1)C(=O)N1CCC(C(C)N)CC1.Cl. The quantitative estimate of drug-likeness (QED) is 0.923. The Morgan fingerprint density at radius 1 is 1.36 bits per heavy atom. The predicted octanol–water partition coefficient (Wildman–Crippen LogP) is 3.01. The highest BCUT2D eigenvalue weighted by atomic mass is 35.5. The van der Waals surface area contributed by atoms with E-state index in [9.17, 15) is 9.18 Å². The number of nitrogens with two attached hydrogens (primary N) is 1. The number of likely N-dealkylation sites (tertiary alicyclic amines) is 1. The molecule has 1 aliphatic rings. The van der Waals surface area contributed by atoms with Gasteiger partial charge in [-0.05, 0) is 49.8 Å². The first-order valence-corrected chi connectivity index (χ1v) is 7.76. The van der Waals surface area contributed by atoms with Gasteiger partial charge in [-0.2, -0.15) is 0 Å². The third kappa shape index (κ3) is 4.96. The normalized spacial score (nSPS) is 18.5. The van der Waals surface area contributed by atoms with Crippen molar-refractivity contribution in [3.8, 4) is 0 Å². The first kappa shape index (κ1) is 18.9. The van der Waals surface area contributed by atoms with E-state index in [1.165, 1.54) is 12.1 Å². The van der Waals surface area contributed by atoms with E-state index in [2.05, 4.69) is 0 Å². The summed E-state index contributed by atoms with van der Waals surface area (Å²) in [4.78, 5) is 14.4. The number of rotatable bonds is 4. The molecule has 1 aromatic carbocycles. The van der Waals surface area contributed by atoms with Gasteiger partial charge in [-0.1, -0.05) is 19.1 Å². The van der Waals surface area contributed by atoms with Crippen LogP contribution in [0.3, 0.4) is 0 Å². The number of halogens is 2. The van der Waals surface area contributed by atoms with Gasteiger partial charge in [-0.3, -0.25) is 4.79 Å². The number of carbonyl (C=O) groups excluding carboxylic acids is 1. The Labute approximate surface area is 138 Å². The fraction of sp³-hybridized carbons (Fsp3) is 0.588. The lowest BCUT2D eigenvalue weighted by Gasteiger charge is -2.35. The van der Waals surface area contributed by atoms with Crippen molar-refractivity contribution in [2.75, 3.05) is 13.1 Å². The molecule has 124 valence electrons. The number of carbonyl (C=O) groups is 1. The molecule has 0 radical (unpaired) electrons. The molecule has 0 spiro atoms. The highest BCUT2D eigenvalue weighted by Gasteiger charge is 2.27. The molecule has 2 atom stereocenters. The summed E-state index contributed by atoms with van der Waals surface area (Å²) in [6, 6.07) is 6.69. The number of nitrogens with zero attached hydrogens (tertiary/aromatic N) is 1. The minimum Gasteiger partial charge on any atom is -0.342 e. The average Bonchev–Trinajstić information content (AvgIpc) is 2.46. The Bertz CT molecular complexity index is 487. The number of hydrogen-bond donors (Lipinski definition) is 1. The molecule has 1 fully saturated rings. The second-order valence-electron chi connectivity index (χ2n) is 6.26. The molecule has 1 saturated heterocycles. The van der Waals surface area contributed by atoms with Crippen molar-refractivity contribution in [2.24, 2.45) is 17.6 Å². The third-order valence-corrected chi connectivity index (χ3v) is 4.45. The molecule has 0 aromatic heterocycles. The van der Waals surface area contributed by atoms with E-state index in [1.54, 1.807) is 6.07 Å². The summed E-state index contributed by atoms with van der Waals surface area (Å²) in [6.07, 6.45) is 2.55. The van der Waals surface area contributed by atoms with Crippen molar-refractivity contribution < 1.29 is 9.18 Å². The molecule has 1 amide bonds. The second kappa shape index (κ2) is 8.49. The summed E-state index contributed by atoms with van der Waals surface area (Å²) in [5, 5.41) is 0. The van der Waals surface area contributed by atoms with Gasteiger partial charge in [0.05, 0.1) is 0 Å². The van der Waals surface area contributed by atoms with Gasteiger partial charge in [-0.15, -0.1) is 12.4 Å². The van der Waals surface area contributed by atoms with Crippen molar-refractivity contribution in [3.05, 3.63) is 35.6 Å². The Morgan fingerprint density at radius 2 is 2.00 bits per heavy atom. The van der Waals surface area contributed by atoms with Gasteiger partial charge in [0.2, 0.25) is 5.91 Å². The number of hydrogen-bond acceptors (Lipinski definition) is 2. The van der Waals surface area contributed by atoms with Crippen LogP contribution < -0.4 is 5.73 Å². The van der Waals surface area contributed by atoms with E-state index in [-0.39, 0.29) is 36.1 Å². The molecule has 0 aliphatic carbocycles. The van der Waals surface area contributed by atoms with Gasteiger partial charge in [0.1, 0.15) is 5.82 Å². The summed E-state index contributed by atoms with van der Waals surface area (Å²) in [6.45, 7) is 5.54. The van der Waals surface area contributed by atoms with Gasteiger partial charge >= 0.3 is 0 Å². The van der Waals surface area contributed by atoms with Crippen LogP contribution in [0.5, 0.6) is 0 Å². The van der Waals surface area contributed by atoms with Gasteiger partial charge in [-0.25, -0.2) is 4.39 Å². The molecule has 2 rings (SSSR count). The lowest BCUT2D eigenvalue weighted by molar-refractivity contribution is -0.136. The zero-order chi connectivity index (χ0) is 15.4. The summed E-state index contributed by atoms with van der Waals surface area (Å²) >= 11 is 0. The lowest BCUT2D eigenvalue weighted by atomic mass is 9.90. The van der Waals surface area contributed by atoms with E-state index in [1.807, 2.05) is 24.8 Å². The number of amides is 1. The maximum absolute atomic E-state index is 13.2. The second-order valence-corrected chi connectivity index (χ2v) is 6.26. The van der Waals surface area contributed by atoms with Gasteiger partial charge < -0.3 is 10.6 Å². The monoisotopic (exact) mass is 328 g/mol. The van der Waals surface area contributed by atoms with Gasteiger partial charge in [0.15, 0.2) is 0 Å². The van der Waals surface area contributed by atoms with Crippen molar-refractivity contribution in [1.82, 2.24) is 4.90 Å². The standard InChI is InChI=1S/C17H25FN2O.ClH/c1-12(10-14-4-3-5-16(18)11-14)17(21)20-8-6-15(7-9-20)13(2)19;/h3-5,11-13,15H,6-10,19H2,1-2H3;1H. The molecule has 1 heterocycles. The highest BCUT2D eigenvalue weighted by molar-refractivity contribution is 5.85. The molecule has 1 aromatic rings. The molecule has 0 bridgehead atoms. The summed E-state index contributed by atoms with van der Waals surface area (Å²) in [7, 11) is 0. The van der Waals surface area contributed by atoms with Crippen molar-refractivity contribution in [3.63, 3.8) is 0 Å². The zero-order valence-electron chi connectivity index (χ0n) is 13.3. The molecule has 5 heteroatoms. The van der Waals surface area contributed by atoms with E-state index in [0.29, 0.717) is 12.3 Å². The molecule has 3 nitrogen and oxygen atoms in total. The number of piperidine rings is 1. The Morgan fingerprint density at radius 3 is 2.55 bits per heavy atom. The van der Waals surface area contributed by atoms with E-state index in [0.717, 1.165) is 31.5 Å². The van der Waals surface area contributed by atoms with E-state index < -0.39 is 0 Å². The third-order valence-electron chi connectivity index (χ3n) is 4.45. The fourth-order valence-corrected chi connectivity index (χ4v) is 3.06. The van der Waals surface area contributed by atoms with Crippen molar-refractivity contribution >= 4 is 18.3 Å². The van der Waals surface area contributed by atoms with E-state index >= 15 is 0 Å². The van der Waals surface area contributed by atoms with Crippen LogP contribution in [0.25, 0.3) is 0 Å². The van der Waals surface area contributed by atoms with Crippen LogP contribution in [-0.2, 0) is 11.2 Å². The van der Waals surface area contributed by atoms with Crippen LogP contribution >= 0.6 is 12.4 Å². The lowest BCUT2D eigenvalue weighted by Crippen LogP contribution is -2.44. The van der Waals surface area contributed by atoms with Crippen LogP contribution in [0.1, 0.15) is 32.3 Å². The smallest absolute Gasteiger partial charge is 0.225 e. The fourth-order valence-electron chi connectivity index (χ4n) is 3.06. The van der Waals surface area contributed by atoms with Crippen LogP contribution in [0, 0.1) is 17.7 Å². The van der Waals surface area contributed by atoms with Crippen LogP contribution in [0.4, 0.5) is 4.39 Å². The Balaban J connectivity index is 0.00000242. The van der Waals surface area contributed by atoms with Gasteiger partial charge in [0, 0.05) is 25.0 Å². The van der Waals surface area contributed by atoms with Crippen LogP contribution in [0.15, 0.2) is 24.3 Å². The van der Waals surface area contributed by atoms with Crippen molar-refractivity contribution in [1.29, 1.82) is 0 Å². The van der Waals surface area contributed by atoms with Crippen LogP contribution in [0.2, 0.25) is 0 Å². The maximum Gasteiger partial charge on any atom is 0.225 e. The highest BCUT2D eigenvalue weighted by Crippen LogP contribution is 2.22. The maximum atomic E-state index is 13.2. The summed E-state index contributed by atoms with van der Waals surface area (Å²) in [5.74, 6) is 0.332. The molecular weight excluding hydrogens is 303 g/mol. The minimum atomic E-state index is -0.245.